The van der Waals surface area contributed by atoms with E-state index >= 15 is 0 Å². The van der Waals surface area contributed by atoms with E-state index in [9.17, 15) is 5.11 Å². The van der Waals surface area contributed by atoms with Gasteiger partial charge in [-0.3, -0.25) is 4.90 Å². The quantitative estimate of drug-likeness (QED) is 0.805. The molecule has 92 valence electrons. The standard InChI is InChI=1S/C15H21NO/c1-2-15(17)14-10-6-7-11-16(14)12-13-8-4-3-5-9-13/h2-5,8-9,14-15,17H,1,6-7,10-12H2. The number of likely N-dealkylation sites (tertiary alicyclic amines) is 1. The molecular weight excluding hydrogens is 210 g/mol. The zero-order chi connectivity index (χ0) is 12.1. The van der Waals surface area contributed by atoms with Crippen molar-refractivity contribution in [3.8, 4) is 0 Å². The Morgan fingerprint density at radius 3 is 2.82 bits per heavy atom. The lowest BCUT2D eigenvalue weighted by Gasteiger charge is -2.37. The number of piperidine rings is 1. The van der Waals surface area contributed by atoms with Crippen molar-refractivity contribution in [2.75, 3.05) is 6.54 Å². The largest absolute Gasteiger partial charge is 0.387 e. The first-order valence-corrected chi connectivity index (χ1v) is 6.40. The van der Waals surface area contributed by atoms with Crippen molar-refractivity contribution in [3.63, 3.8) is 0 Å². The molecular formula is C15H21NO. The van der Waals surface area contributed by atoms with Crippen LogP contribution in [-0.4, -0.2) is 28.7 Å². The van der Waals surface area contributed by atoms with Crippen LogP contribution in [0.3, 0.4) is 0 Å². The Bertz CT molecular complexity index is 349. The van der Waals surface area contributed by atoms with Crippen LogP contribution < -0.4 is 0 Å². The van der Waals surface area contributed by atoms with Crippen molar-refractivity contribution in [1.82, 2.24) is 4.90 Å². The van der Waals surface area contributed by atoms with Gasteiger partial charge in [-0.25, -0.2) is 0 Å². The van der Waals surface area contributed by atoms with Gasteiger partial charge in [-0.05, 0) is 24.9 Å². The first-order chi connectivity index (χ1) is 8.31. The van der Waals surface area contributed by atoms with Gasteiger partial charge in [0, 0.05) is 12.6 Å². The summed E-state index contributed by atoms with van der Waals surface area (Å²) in [7, 11) is 0. The minimum atomic E-state index is -0.404. The molecule has 0 spiro atoms. The highest BCUT2D eigenvalue weighted by atomic mass is 16.3. The van der Waals surface area contributed by atoms with Crippen molar-refractivity contribution in [2.45, 2.75) is 38.0 Å². The molecule has 1 aromatic rings. The minimum absolute atomic E-state index is 0.237. The van der Waals surface area contributed by atoms with Crippen LogP contribution in [0.15, 0.2) is 43.0 Å². The molecule has 1 aliphatic heterocycles. The summed E-state index contributed by atoms with van der Waals surface area (Å²) in [5.74, 6) is 0. The number of hydrogen-bond acceptors (Lipinski definition) is 2. The van der Waals surface area contributed by atoms with Crippen LogP contribution in [0, 0.1) is 0 Å². The summed E-state index contributed by atoms with van der Waals surface area (Å²) in [5, 5.41) is 9.97. The molecule has 1 fully saturated rings. The third-order valence-electron chi connectivity index (χ3n) is 3.53. The van der Waals surface area contributed by atoms with Crippen LogP contribution in [0.5, 0.6) is 0 Å². The van der Waals surface area contributed by atoms with Gasteiger partial charge in [0.05, 0.1) is 6.10 Å². The van der Waals surface area contributed by atoms with E-state index in [-0.39, 0.29) is 6.04 Å². The highest BCUT2D eigenvalue weighted by Crippen LogP contribution is 2.22. The Labute approximate surface area is 104 Å². The molecule has 1 aliphatic rings. The maximum absolute atomic E-state index is 9.97. The maximum Gasteiger partial charge on any atom is 0.0873 e. The summed E-state index contributed by atoms with van der Waals surface area (Å²) in [5.41, 5.74) is 1.32. The second kappa shape index (κ2) is 5.99. The smallest absolute Gasteiger partial charge is 0.0873 e. The third kappa shape index (κ3) is 3.18. The average Bonchev–Trinajstić information content (AvgIpc) is 2.40. The second-order valence-electron chi connectivity index (χ2n) is 4.75. The van der Waals surface area contributed by atoms with Crippen LogP contribution in [0.2, 0.25) is 0 Å². The zero-order valence-corrected chi connectivity index (χ0v) is 10.3. The lowest BCUT2D eigenvalue weighted by Crippen LogP contribution is -2.45. The van der Waals surface area contributed by atoms with Gasteiger partial charge in [0.25, 0.3) is 0 Å². The molecule has 1 aromatic carbocycles. The van der Waals surface area contributed by atoms with Crippen LogP contribution in [0.4, 0.5) is 0 Å². The fourth-order valence-electron chi connectivity index (χ4n) is 2.57. The molecule has 0 radical (unpaired) electrons. The topological polar surface area (TPSA) is 23.5 Å². The molecule has 1 saturated heterocycles. The lowest BCUT2D eigenvalue weighted by molar-refractivity contribution is 0.0467. The zero-order valence-electron chi connectivity index (χ0n) is 10.3. The van der Waals surface area contributed by atoms with Gasteiger partial charge in [0.15, 0.2) is 0 Å². The van der Waals surface area contributed by atoms with E-state index in [1.807, 2.05) is 6.07 Å². The van der Waals surface area contributed by atoms with Gasteiger partial charge in [-0.15, -0.1) is 6.58 Å². The first-order valence-electron chi connectivity index (χ1n) is 6.40. The molecule has 2 heteroatoms. The van der Waals surface area contributed by atoms with Crippen molar-refractivity contribution in [2.24, 2.45) is 0 Å². The highest BCUT2D eigenvalue weighted by molar-refractivity contribution is 5.15. The van der Waals surface area contributed by atoms with Gasteiger partial charge in [-0.2, -0.15) is 0 Å². The maximum atomic E-state index is 9.97. The molecule has 2 atom stereocenters. The van der Waals surface area contributed by atoms with E-state index in [0.717, 1.165) is 19.5 Å². The summed E-state index contributed by atoms with van der Waals surface area (Å²) in [6.07, 6.45) is 4.77. The van der Waals surface area contributed by atoms with Crippen molar-refractivity contribution < 1.29 is 5.11 Å². The van der Waals surface area contributed by atoms with Crippen LogP contribution >= 0.6 is 0 Å². The minimum Gasteiger partial charge on any atom is -0.387 e. The second-order valence-corrected chi connectivity index (χ2v) is 4.75. The Hall–Kier alpha value is -1.12. The molecule has 0 saturated carbocycles. The summed E-state index contributed by atoms with van der Waals surface area (Å²) in [6.45, 7) is 5.70. The van der Waals surface area contributed by atoms with Crippen molar-refractivity contribution >= 4 is 0 Å². The Morgan fingerprint density at radius 2 is 2.12 bits per heavy atom. The molecule has 0 bridgehead atoms. The number of aliphatic hydroxyl groups is 1. The van der Waals surface area contributed by atoms with Crippen LogP contribution in [-0.2, 0) is 6.54 Å². The Balaban J connectivity index is 2.04. The molecule has 2 unspecified atom stereocenters. The molecule has 1 heterocycles. The normalized spacial score (nSPS) is 23.2. The van der Waals surface area contributed by atoms with Gasteiger partial charge in [-0.1, -0.05) is 42.8 Å². The predicted octanol–water partition coefficient (Wildman–Crippen LogP) is 2.59. The predicted molar refractivity (Wildman–Crippen MR) is 70.7 cm³/mol. The van der Waals surface area contributed by atoms with E-state index < -0.39 is 6.10 Å². The van der Waals surface area contributed by atoms with Crippen LogP contribution in [0.1, 0.15) is 24.8 Å². The molecule has 17 heavy (non-hydrogen) atoms. The SMILES string of the molecule is C=CC(O)C1CCCCN1Cc1ccccc1. The summed E-state index contributed by atoms with van der Waals surface area (Å²) >= 11 is 0. The highest BCUT2D eigenvalue weighted by Gasteiger charge is 2.26. The first kappa shape index (κ1) is 12.3. The molecule has 2 nitrogen and oxygen atoms in total. The molecule has 2 rings (SSSR count). The van der Waals surface area contributed by atoms with Gasteiger partial charge >= 0.3 is 0 Å². The van der Waals surface area contributed by atoms with Gasteiger partial charge < -0.3 is 5.11 Å². The molecule has 1 N–H and O–H groups in total. The lowest BCUT2D eigenvalue weighted by atomic mass is 9.96. The molecule has 0 aliphatic carbocycles. The molecule has 0 aromatic heterocycles. The fraction of sp³-hybridized carbons (Fsp3) is 0.467. The number of nitrogens with zero attached hydrogens (tertiary/aromatic N) is 1. The Kier molecular flexibility index (Phi) is 4.35. The van der Waals surface area contributed by atoms with E-state index in [0.29, 0.717) is 0 Å². The van der Waals surface area contributed by atoms with Gasteiger partial charge in [0.2, 0.25) is 0 Å². The number of rotatable bonds is 4. The van der Waals surface area contributed by atoms with E-state index in [4.69, 9.17) is 0 Å². The number of benzene rings is 1. The fourth-order valence-corrected chi connectivity index (χ4v) is 2.57. The average molecular weight is 231 g/mol. The van der Waals surface area contributed by atoms with E-state index in [1.165, 1.54) is 18.4 Å². The van der Waals surface area contributed by atoms with E-state index in [2.05, 4.69) is 35.7 Å². The summed E-state index contributed by atoms with van der Waals surface area (Å²) < 4.78 is 0. The van der Waals surface area contributed by atoms with Gasteiger partial charge in [0.1, 0.15) is 0 Å². The van der Waals surface area contributed by atoms with Crippen molar-refractivity contribution in [1.29, 1.82) is 0 Å². The monoisotopic (exact) mass is 231 g/mol. The van der Waals surface area contributed by atoms with Crippen LogP contribution in [0.25, 0.3) is 0 Å². The molecule has 0 amide bonds. The summed E-state index contributed by atoms with van der Waals surface area (Å²) in [6, 6.07) is 10.7. The summed E-state index contributed by atoms with van der Waals surface area (Å²) in [4.78, 5) is 2.38. The number of aliphatic hydroxyl groups excluding tert-OH is 1. The van der Waals surface area contributed by atoms with Crippen molar-refractivity contribution in [3.05, 3.63) is 48.6 Å². The Morgan fingerprint density at radius 1 is 1.35 bits per heavy atom. The van der Waals surface area contributed by atoms with E-state index in [1.54, 1.807) is 6.08 Å². The number of hydrogen-bond donors (Lipinski definition) is 1. The third-order valence-corrected chi connectivity index (χ3v) is 3.53.